The molecule has 1 fully saturated rings. The smallest absolute Gasteiger partial charge is 0.246 e. The van der Waals surface area contributed by atoms with Crippen LogP contribution in [0.4, 0.5) is 15.9 Å². The maximum atomic E-state index is 15.0. The van der Waals surface area contributed by atoms with Crippen LogP contribution in [0.5, 0.6) is 5.75 Å². The average Bonchev–Trinajstić information content (AvgIpc) is 2.96. The normalized spacial score (nSPS) is 15.6. The lowest BCUT2D eigenvalue weighted by Gasteiger charge is -2.41. The van der Waals surface area contributed by atoms with Crippen LogP contribution in [-0.2, 0) is 16.0 Å². The Morgan fingerprint density at radius 2 is 2.10 bits per heavy atom. The molecule has 0 spiro atoms. The van der Waals surface area contributed by atoms with E-state index in [0.717, 1.165) is 5.56 Å². The Morgan fingerprint density at radius 3 is 2.71 bits per heavy atom. The van der Waals surface area contributed by atoms with E-state index in [-0.39, 0.29) is 39.8 Å². The maximum absolute atomic E-state index is 15.0. The number of amidine groups is 1. The van der Waals surface area contributed by atoms with Gasteiger partial charge in [-0.05, 0) is 56.2 Å². The largest absolute Gasteiger partial charge is 0.507 e. The van der Waals surface area contributed by atoms with Crippen molar-refractivity contribution >= 4 is 41.3 Å². The topological polar surface area (TPSA) is 102 Å². The van der Waals surface area contributed by atoms with Crippen LogP contribution in [0.2, 0.25) is 5.02 Å². The fraction of sp³-hybridized carbons (Fsp3) is 0.300. The molecule has 1 aliphatic heterocycles. The van der Waals surface area contributed by atoms with Gasteiger partial charge in [0.1, 0.15) is 17.4 Å². The van der Waals surface area contributed by atoms with Gasteiger partial charge in [0.15, 0.2) is 5.82 Å². The number of benzene rings is 1. The van der Waals surface area contributed by atoms with Crippen molar-refractivity contribution in [2.24, 2.45) is 4.99 Å². The number of aliphatic imine (C=N–C) groups is 1. The molecule has 0 saturated carbocycles. The summed E-state index contributed by atoms with van der Waals surface area (Å²) in [5.41, 5.74) is 2.18. The van der Waals surface area contributed by atoms with E-state index in [1.807, 2.05) is 25.7 Å². The molecule has 0 aliphatic carbocycles. The van der Waals surface area contributed by atoms with Gasteiger partial charge in [0, 0.05) is 38.9 Å². The molecule has 3 aromatic rings. The summed E-state index contributed by atoms with van der Waals surface area (Å²) in [4.78, 5) is 44.0. The third kappa shape index (κ3) is 5.65. The predicted octanol–water partition coefficient (Wildman–Crippen LogP) is 4.90. The second-order valence-corrected chi connectivity index (χ2v) is 10.1. The van der Waals surface area contributed by atoms with E-state index in [2.05, 4.69) is 16.6 Å². The zero-order valence-electron chi connectivity index (χ0n) is 23.4. The number of aromatic nitrogens is 2. The molecule has 0 radical (unpaired) electrons. The number of piperazine rings is 1. The minimum Gasteiger partial charge on any atom is -0.507 e. The second kappa shape index (κ2) is 12.5. The van der Waals surface area contributed by atoms with Crippen LogP contribution >= 0.6 is 11.6 Å². The minimum absolute atomic E-state index is 0.0302. The summed E-state index contributed by atoms with van der Waals surface area (Å²) in [5, 5.41) is 10.6. The molecule has 1 atom stereocenters. The van der Waals surface area contributed by atoms with Gasteiger partial charge >= 0.3 is 0 Å². The Bertz CT molecular complexity index is 1510. The van der Waals surface area contributed by atoms with Crippen molar-refractivity contribution in [2.45, 2.75) is 33.2 Å². The van der Waals surface area contributed by atoms with Crippen molar-refractivity contribution in [3.63, 3.8) is 0 Å². The molecule has 1 aliphatic rings. The Morgan fingerprint density at radius 1 is 1.34 bits per heavy atom. The van der Waals surface area contributed by atoms with Crippen LogP contribution in [0, 0.1) is 12.7 Å². The van der Waals surface area contributed by atoms with Crippen LogP contribution in [-0.4, -0.2) is 75.8 Å². The van der Waals surface area contributed by atoms with Gasteiger partial charge in [-0.3, -0.25) is 24.5 Å². The van der Waals surface area contributed by atoms with E-state index in [1.54, 1.807) is 30.3 Å². The summed E-state index contributed by atoms with van der Waals surface area (Å²) in [7, 11) is 1.62. The number of carbonyl (C=O) groups excluding carboxylic acids is 2. The summed E-state index contributed by atoms with van der Waals surface area (Å²) >= 11 is 6.73. The highest BCUT2D eigenvalue weighted by atomic mass is 35.5. The van der Waals surface area contributed by atoms with E-state index in [1.165, 1.54) is 29.2 Å². The quantitative estimate of drug-likeness (QED) is 0.185. The number of hydrogen-bond acceptors (Lipinski definition) is 6. The Balaban J connectivity index is 1.96. The summed E-state index contributed by atoms with van der Waals surface area (Å²) < 4.78 is 15.0. The lowest BCUT2D eigenvalue weighted by Crippen LogP contribution is -2.55. The van der Waals surface area contributed by atoms with Crippen LogP contribution in [0.15, 0.2) is 54.2 Å². The number of anilines is 2. The zero-order valence-corrected chi connectivity index (χ0v) is 24.2. The molecular formula is C30H32ClFN6O3. The lowest BCUT2D eigenvalue weighted by molar-refractivity contribution is -0.128. The first kappa shape index (κ1) is 29.7. The number of nitrogens with zero attached hydrogens (tertiary/aromatic N) is 6. The minimum atomic E-state index is -0.719. The summed E-state index contributed by atoms with van der Waals surface area (Å²) in [5.74, 6) is -0.585. The summed E-state index contributed by atoms with van der Waals surface area (Å²) in [6, 6.07) is 7.13. The number of hydrogen-bond donors (Lipinski definition) is 1. The number of phenols is 1. The average molecular weight is 579 g/mol. The highest BCUT2D eigenvalue weighted by molar-refractivity contribution is 6.33. The van der Waals surface area contributed by atoms with E-state index in [0.29, 0.717) is 55.2 Å². The molecule has 1 saturated heterocycles. The molecule has 11 heteroatoms. The van der Waals surface area contributed by atoms with Crippen molar-refractivity contribution in [3.05, 3.63) is 76.8 Å². The molecular weight excluding hydrogens is 547 g/mol. The van der Waals surface area contributed by atoms with Crippen LogP contribution < -0.4 is 4.90 Å². The van der Waals surface area contributed by atoms with Gasteiger partial charge in [0.25, 0.3) is 0 Å². The number of aromatic hydroxyl groups is 1. The summed E-state index contributed by atoms with van der Waals surface area (Å²) in [6.45, 7) is 10.7. The highest BCUT2D eigenvalue weighted by Crippen LogP contribution is 2.40. The Kier molecular flexibility index (Phi) is 9.02. The van der Waals surface area contributed by atoms with Gasteiger partial charge in [-0.15, -0.1) is 0 Å². The highest BCUT2D eigenvalue weighted by Gasteiger charge is 2.32. The number of aryl methyl sites for hydroxylation is 2. The van der Waals surface area contributed by atoms with Crippen molar-refractivity contribution in [1.29, 1.82) is 0 Å². The molecule has 1 aromatic carbocycles. The number of pyridine rings is 2. The molecule has 214 valence electrons. The van der Waals surface area contributed by atoms with Gasteiger partial charge in [-0.2, -0.15) is 0 Å². The van der Waals surface area contributed by atoms with Crippen molar-refractivity contribution in [3.8, 4) is 17.0 Å². The van der Waals surface area contributed by atoms with Crippen molar-refractivity contribution < 1.29 is 19.1 Å². The van der Waals surface area contributed by atoms with Gasteiger partial charge in [-0.1, -0.05) is 31.2 Å². The number of phenolic OH excluding ortho intramolecular Hbond substituents is 1. The van der Waals surface area contributed by atoms with Gasteiger partial charge in [0.05, 0.1) is 33.2 Å². The van der Waals surface area contributed by atoms with Crippen molar-refractivity contribution in [1.82, 2.24) is 19.8 Å². The molecule has 1 N–H and O–H groups in total. The van der Waals surface area contributed by atoms with Crippen LogP contribution in [0.1, 0.15) is 30.7 Å². The number of rotatable bonds is 7. The van der Waals surface area contributed by atoms with Gasteiger partial charge in [0.2, 0.25) is 12.3 Å². The first-order chi connectivity index (χ1) is 19.7. The van der Waals surface area contributed by atoms with Gasteiger partial charge in [-0.25, -0.2) is 9.37 Å². The molecule has 2 amide bonds. The molecule has 2 aromatic heterocycles. The van der Waals surface area contributed by atoms with E-state index < -0.39 is 5.82 Å². The first-order valence-corrected chi connectivity index (χ1v) is 13.6. The molecule has 1 unspecified atom stereocenters. The number of carbonyl (C=O) groups is 2. The lowest BCUT2D eigenvalue weighted by atomic mass is 10.0. The fourth-order valence-electron chi connectivity index (χ4n) is 5.16. The molecule has 0 bridgehead atoms. The number of halogens is 2. The Hall–Kier alpha value is -4.31. The van der Waals surface area contributed by atoms with E-state index in [4.69, 9.17) is 16.6 Å². The van der Waals surface area contributed by atoms with E-state index in [9.17, 15) is 14.7 Å². The van der Waals surface area contributed by atoms with Crippen LogP contribution in [0.25, 0.3) is 11.3 Å². The monoisotopic (exact) mass is 578 g/mol. The standard InChI is InChI=1S/C30H32ClFN6O3/c1-6-23-28(18(3)11-12-34-23)38(17-39)30-20(15-21(31)27(35-30)26-22(32)9-8-10-24(26)40)29(33-5)37-14-13-36(16-19(37)4)25(41)7-2/h7-12,15,17,19,40H,2,6,13-14,16H2,1,3-5H3/b33-29+. The number of amides is 2. The molecule has 9 nitrogen and oxygen atoms in total. The third-order valence-electron chi connectivity index (χ3n) is 7.13. The predicted molar refractivity (Wildman–Crippen MR) is 158 cm³/mol. The second-order valence-electron chi connectivity index (χ2n) is 9.65. The SMILES string of the molecule is C=CC(=O)N1CCN(/C(=N/C)c2cc(Cl)c(-c3c(O)cccc3F)nc2N(C=O)c2c(C)ccnc2CC)C(C)C1. The molecule has 41 heavy (non-hydrogen) atoms. The zero-order chi connectivity index (χ0) is 29.8. The molecule has 3 heterocycles. The van der Waals surface area contributed by atoms with Crippen LogP contribution in [0.3, 0.4) is 0 Å². The van der Waals surface area contributed by atoms with Gasteiger partial charge < -0.3 is 14.9 Å². The molecule has 4 rings (SSSR count). The first-order valence-electron chi connectivity index (χ1n) is 13.2. The Labute approximate surface area is 243 Å². The van der Waals surface area contributed by atoms with Crippen molar-refractivity contribution in [2.75, 3.05) is 31.6 Å². The maximum Gasteiger partial charge on any atom is 0.246 e. The third-order valence-corrected chi connectivity index (χ3v) is 7.42. The summed E-state index contributed by atoms with van der Waals surface area (Å²) in [6.07, 6.45) is 4.13. The fourth-order valence-corrected chi connectivity index (χ4v) is 5.40. The van der Waals surface area contributed by atoms with E-state index >= 15 is 4.39 Å².